The Kier molecular flexibility index (Phi) is 6.04. The molecule has 1 rings (SSSR count). The molecular formula is C13H14OS2. The van der Waals surface area contributed by atoms with Crippen LogP contribution >= 0.6 is 23.5 Å². The van der Waals surface area contributed by atoms with Crippen molar-refractivity contribution >= 4 is 35.4 Å². The number of benzene rings is 1. The molecule has 0 bridgehead atoms. The fourth-order valence-electron chi connectivity index (χ4n) is 1.11. The standard InChI is InChI=1S/C13H14OS2/c1-15-13(16-2)10-12(14)9-8-11-6-4-3-5-7-11/h3-10H,1-2H3/b9-8+. The summed E-state index contributed by atoms with van der Waals surface area (Å²) in [7, 11) is 0. The van der Waals surface area contributed by atoms with Crippen LogP contribution in [0, 0.1) is 0 Å². The lowest BCUT2D eigenvalue weighted by Crippen LogP contribution is -1.86. The quantitative estimate of drug-likeness (QED) is 0.739. The molecule has 84 valence electrons. The Morgan fingerprint density at radius 3 is 2.31 bits per heavy atom. The first-order valence-corrected chi connectivity index (χ1v) is 7.28. The maximum Gasteiger partial charge on any atom is 0.180 e. The van der Waals surface area contributed by atoms with Gasteiger partial charge in [0, 0.05) is 10.3 Å². The summed E-state index contributed by atoms with van der Waals surface area (Å²) < 4.78 is 1.03. The number of ketones is 1. The Labute approximate surface area is 105 Å². The molecule has 0 unspecified atom stereocenters. The highest BCUT2D eigenvalue weighted by atomic mass is 32.2. The highest BCUT2D eigenvalue weighted by Crippen LogP contribution is 2.23. The van der Waals surface area contributed by atoms with Crippen molar-refractivity contribution < 1.29 is 4.79 Å². The number of hydrogen-bond acceptors (Lipinski definition) is 3. The van der Waals surface area contributed by atoms with E-state index >= 15 is 0 Å². The van der Waals surface area contributed by atoms with Gasteiger partial charge in [0.25, 0.3) is 0 Å². The van der Waals surface area contributed by atoms with Gasteiger partial charge in [0.1, 0.15) is 0 Å². The molecule has 16 heavy (non-hydrogen) atoms. The van der Waals surface area contributed by atoms with Crippen molar-refractivity contribution in [1.29, 1.82) is 0 Å². The topological polar surface area (TPSA) is 17.1 Å². The van der Waals surface area contributed by atoms with Gasteiger partial charge in [-0.25, -0.2) is 0 Å². The summed E-state index contributed by atoms with van der Waals surface area (Å²) in [6.07, 6.45) is 9.03. The van der Waals surface area contributed by atoms with Crippen molar-refractivity contribution in [3.8, 4) is 0 Å². The molecule has 0 amide bonds. The Morgan fingerprint density at radius 1 is 1.12 bits per heavy atom. The van der Waals surface area contributed by atoms with Crippen molar-refractivity contribution in [2.45, 2.75) is 0 Å². The lowest BCUT2D eigenvalue weighted by atomic mass is 10.2. The largest absolute Gasteiger partial charge is 0.290 e. The Morgan fingerprint density at radius 2 is 1.75 bits per heavy atom. The van der Waals surface area contributed by atoms with Crippen molar-refractivity contribution in [3.05, 3.63) is 52.3 Å². The summed E-state index contributed by atoms with van der Waals surface area (Å²) >= 11 is 3.18. The maximum atomic E-state index is 11.6. The number of rotatable bonds is 5. The highest BCUT2D eigenvalue weighted by molar-refractivity contribution is 8.21. The molecule has 0 heterocycles. The van der Waals surface area contributed by atoms with E-state index < -0.39 is 0 Å². The SMILES string of the molecule is CSC(=CC(=O)/C=C/c1ccccc1)SC. The number of hydrogen-bond donors (Lipinski definition) is 0. The molecule has 0 saturated carbocycles. The van der Waals surface area contributed by atoms with E-state index in [9.17, 15) is 4.79 Å². The zero-order valence-corrected chi connectivity index (χ0v) is 11.0. The van der Waals surface area contributed by atoms with E-state index in [4.69, 9.17) is 0 Å². The first-order valence-electron chi connectivity index (χ1n) is 4.83. The Bertz CT molecular complexity index is 388. The second-order valence-corrected chi connectivity index (χ2v) is 4.97. The number of carbonyl (C=O) groups is 1. The molecule has 0 aliphatic heterocycles. The van der Waals surface area contributed by atoms with Crippen LogP contribution in [-0.4, -0.2) is 18.3 Å². The zero-order valence-electron chi connectivity index (χ0n) is 9.34. The predicted octanol–water partition coefficient (Wildman–Crippen LogP) is 3.84. The third-order valence-electron chi connectivity index (χ3n) is 1.90. The molecular weight excluding hydrogens is 236 g/mol. The van der Waals surface area contributed by atoms with Crippen molar-refractivity contribution in [2.75, 3.05) is 12.5 Å². The molecule has 3 heteroatoms. The minimum absolute atomic E-state index is 0.0301. The van der Waals surface area contributed by atoms with Crippen molar-refractivity contribution in [3.63, 3.8) is 0 Å². The monoisotopic (exact) mass is 250 g/mol. The molecule has 0 aliphatic rings. The molecule has 0 aromatic heterocycles. The average molecular weight is 250 g/mol. The number of carbonyl (C=O) groups excluding carboxylic acids is 1. The maximum absolute atomic E-state index is 11.6. The normalized spacial score (nSPS) is 10.4. The third kappa shape index (κ3) is 4.73. The van der Waals surface area contributed by atoms with Gasteiger partial charge in [0.05, 0.1) is 0 Å². The Hall–Kier alpha value is -0.930. The molecule has 0 saturated heterocycles. The molecule has 1 aromatic rings. The minimum atomic E-state index is 0.0301. The van der Waals surface area contributed by atoms with Crippen LogP contribution in [0.15, 0.2) is 46.7 Å². The summed E-state index contributed by atoms with van der Waals surface area (Å²) in [6.45, 7) is 0. The number of allylic oxidation sites excluding steroid dienone is 2. The summed E-state index contributed by atoms with van der Waals surface area (Å²) in [5.74, 6) is 0.0301. The van der Waals surface area contributed by atoms with E-state index in [0.717, 1.165) is 9.80 Å². The molecule has 1 aromatic carbocycles. The van der Waals surface area contributed by atoms with Crippen LogP contribution in [0.3, 0.4) is 0 Å². The van der Waals surface area contributed by atoms with E-state index in [1.54, 1.807) is 35.7 Å². The smallest absolute Gasteiger partial charge is 0.180 e. The van der Waals surface area contributed by atoms with Crippen molar-refractivity contribution in [1.82, 2.24) is 0 Å². The van der Waals surface area contributed by atoms with Gasteiger partial charge in [-0.1, -0.05) is 36.4 Å². The van der Waals surface area contributed by atoms with Gasteiger partial charge in [-0.2, -0.15) is 0 Å². The summed E-state index contributed by atoms with van der Waals surface area (Å²) in [6, 6.07) is 9.80. The van der Waals surface area contributed by atoms with E-state index in [1.807, 2.05) is 48.9 Å². The molecule has 0 radical (unpaired) electrons. The first kappa shape index (κ1) is 13.1. The van der Waals surface area contributed by atoms with Crippen LogP contribution in [0.4, 0.5) is 0 Å². The Balaban J connectivity index is 2.65. The van der Waals surface area contributed by atoms with E-state index in [2.05, 4.69) is 0 Å². The van der Waals surface area contributed by atoms with E-state index in [0.29, 0.717) is 0 Å². The summed E-state index contributed by atoms with van der Waals surface area (Å²) in [5.41, 5.74) is 1.04. The molecule has 0 atom stereocenters. The van der Waals surface area contributed by atoms with Gasteiger partial charge in [-0.3, -0.25) is 4.79 Å². The highest BCUT2D eigenvalue weighted by Gasteiger charge is 1.96. The van der Waals surface area contributed by atoms with E-state index in [1.165, 1.54) is 0 Å². The third-order valence-corrected chi connectivity index (χ3v) is 3.94. The second kappa shape index (κ2) is 7.36. The molecule has 0 fully saturated rings. The summed E-state index contributed by atoms with van der Waals surface area (Å²) in [4.78, 5) is 11.6. The minimum Gasteiger partial charge on any atom is -0.290 e. The van der Waals surface area contributed by atoms with Crippen LogP contribution in [0.2, 0.25) is 0 Å². The number of thioether (sulfide) groups is 2. The summed E-state index contributed by atoms with van der Waals surface area (Å²) in [5, 5.41) is 0. The molecule has 0 N–H and O–H groups in total. The first-order chi connectivity index (χ1) is 7.76. The van der Waals surface area contributed by atoms with E-state index in [-0.39, 0.29) is 5.78 Å². The van der Waals surface area contributed by atoms with Crippen LogP contribution in [0.25, 0.3) is 6.08 Å². The second-order valence-electron chi connectivity index (χ2n) is 3.02. The van der Waals surface area contributed by atoms with Gasteiger partial charge in [-0.15, -0.1) is 23.5 Å². The van der Waals surface area contributed by atoms with Crippen LogP contribution < -0.4 is 0 Å². The lowest BCUT2D eigenvalue weighted by molar-refractivity contribution is -0.110. The lowest BCUT2D eigenvalue weighted by Gasteiger charge is -1.95. The molecule has 0 aliphatic carbocycles. The van der Waals surface area contributed by atoms with Gasteiger partial charge < -0.3 is 0 Å². The predicted molar refractivity (Wildman–Crippen MR) is 75.6 cm³/mol. The van der Waals surface area contributed by atoms with Gasteiger partial charge in [-0.05, 0) is 24.2 Å². The van der Waals surface area contributed by atoms with Gasteiger partial charge in [0.2, 0.25) is 0 Å². The fraction of sp³-hybridized carbons (Fsp3) is 0.154. The zero-order chi connectivity index (χ0) is 11.8. The van der Waals surface area contributed by atoms with Crippen LogP contribution in [-0.2, 0) is 4.79 Å². The molecule has 0 spiro atoms. The van der Waals surface area contributed by atoms with Crippen LogP contribution in [0.1, 0.15) is 5.56 Å². The van der Waals surface area contributed by atoms with Crippen molar-refractivity contribution in [2.24, 2.45) is 0 Å². The fourth-order valence-corrected chi connectivity index (χ4v) is 2.24. The van der Waals surface area contributed by atoms with Crippen LogP contribution in [0.5, 0.6) is 0 Å². The van der Waals surface area contributed by atoms with Gasteiger partial charge in [0.15, 0.2) is 5.78 Å². The average Bonchev–Trinajstić information content (AvgIpc) is 2.34. The molecule has 1 nitrogen and oxygen atoms in total. The van der Waals surface area contributed by atoms with Gasteiger partial charge >= 0.3 is 0 Å².